The van der Waals surface area contributed by atoms with Crippen molar-refractivity contribution in [3.05, 3.63) is 58.3 Å². The summed E-state index contributed by atoms with van der Waals surface area (Å²) in [6.07, 6.45) is 2.40. The van der Waals surface area contributed by atoms with E-state index in [1.807, 2.05) is 18.2 Å². The van der Waals surface area contributed by atoms with E-state index in [0.717, 1.165) is 10.2 Å². The Bertz CT molecular complexity index is 572. The zero-order chi connectivity index (χ0) is 13.7. The lowest BCUT2D eigenvalue weighted by Gasteiger charge is -2.08. The van der Waals surface area contributed by atoms with E-state index in [9.17, 15) is 4.79 Å². The van der Waals surface area contributed by atoms with Crippen LogP contribution in [0.25, 0.3) is 0 Å². The van der Waals surface area contributed by atoms with Gasteiger partial charge in [-0.05, 0) is 46.3 Å². The largest absolute Gasteiger partial charge is 0.492 e. The number of carboxylic acids is 1. The molecule has 0 aliphatic rings. The van der Waals surface area contributed by atoms with Crippen molar-refractivity contribution in [2.45, 2.75) is 6.42 Å². The minimum atomic E-state index is -0.970. The molecule has 98 valence electrons. The summed E-state index contributed by atoms with van der Waals surface area (Å²) in [5.74, 6) is -0.446. The highest BCUT2D eigenvalue weighted by Crippen LogP contribution is 2.26. The standard InChI is InChI=1S/C14H12BrNO3/c15-12-5-4-10(14(17)18)9-13(12)19-8-6-11-3-1-2-7-16-11/h1-5,7,9H,6,8H2,(H,17,18). The number of benzene rings is 1. The Labute approximate surface area is 119 Å². The van der Waals surface area contributed by atoms with Crippen LogP contribution in [0.1, 0.15) is 16.1 Å². The van der Waals surface area contributed by atoms with E-state index in [1.54, 1.807) is 12.3 Å². The van der Waals surface area contributed by atoms with Crippen LogP contribution in [0.3, 0.4) is 0 Å². The fraction of sp³-hybridized carbons (Fsp3) is 0.143. The van der Waals surface area contributed by atoms with E-state index in [2.05, 4.69) is 20.9 Å². The van der Waals surface area contributed by atoms with E-state index in [4.69, 9.17) is 9.84 Å². The first-order valence-electron chi connectivity index (χ1n) is 5.72. The summed E-state index contributed by atoms with van der Waals surface area (Å²) < 4.78 is 6.32. The number of halogens is 1. The average molecular weight is 322 g/mol. The minimum absolute atomic E-state index is 0.205. The van der Waals surface area contributed by atoms with Crippen molar-refractivity contribution < 1.29 is 14.6 Å². The van der Waals surface area contributed by atoms with Crippen molar-refractivity contribution in [1.29, 1.82) is 0 Å². The predicted octanol–water partition coefficient (Wildman–Crippen LogP) is 3.16. The monoisotopic (exact) mass is 321 g/mol. The normalized spacial score (nSPS) is 10.2. The van der Waals surface area contributed by atoms with Gasteiger partial charge in [0.25, 0.3) is 0 Å². The number of hydrogen-bond donors (Lipinski definition) is 1. The molecule has 0 aliphatic heterocycles. The fourth-order valence-corrected chi connectivity index (χ4v) is 1.92. The Morgan fingerprint density at radius 1 is 1.32 bits per heavy atom. The molecular weight excluding hydrogens is 310 g/mol. The van der Waals surface area contributed by atoms with Gasteiger partial charge >= 0.3 is 5.97 Å². The molecule has 0 atom stereocenters. The van der Waals surface area contributed by atoms with E-state index in [0.29, 0.717) is 18.8 Å². The third-order valence-electron chi connectivity index (χ3n) is 2.52. The molecule has 0 fully saturated rings. The van der Waals surface area contributed by atoms with Gasteiger partial charge in [-0.25, -0.2) is 4.79 Å². The number of nitrogens with zero attached hydrogens (tertiary/aromatic N) is 1. The topological polar surface area (TPSA) is 59.4 Å². The van der Waals surface area contributed by atoms with Gasteiger partial charge in [-0.3, -0.25) is 4.98 Å². The van der Waals surface area contributed by atoms with Crippen molar-refractivity contribution in [2.75, 3.05) is 6.61 Å². The van der Waals surface area contributed by atoms with Crippen LogP contribution in [0.2, 0.25) is 0 Å². The molecule has 0 aliphatic carbocycles. The number of ether oxygens (including phenoxy) is 1. The molecule has 5 heteroatoms. The smallest absolute Gasteiger partial charge is 0.335 e. The number of aromatic carboxylic acids is 1. The molecule has 1 aromatic carbocycles. The maximum Gasteiger partial charge on any atom is 0.335 e. The summed E-state index contributed by atoms with van der Waals surface area (Å²) >= 11 is 3.33. The first-order chi connectivity index (χ1) is 9.16. The second kappa shape index (κ2) is 6.33. The van der Waals surface area contributed by atoms with Crippen LogP contribution in [0.15, 0.2) is 47.1 Å². The lowest BCUT2D eigenvalue weighted by molar-refractivity contribution is 0.0696. The van der Waals surface area contributed by atoms with Gasteiger partial charge in [-0.15, -0.1) is 0 Å². The molecule has 0 saturated carbocycles. The Kier molecular flexibility index (Phi) is 4.52. The number of carbonyl (C=O) groups is 1. The lowest BCUT2D eigenvalue weighted by Crippen LogP contribution is -2.04. The maximum absolute atomic E-state index is 10.9. The summed E-state index contributed by atoms with van der Waals surface area (Å²) in [6, 6.07) is 10.4. The number of rotatable bonds is 5. The van der Waals surface area contributed by atoms with Crippen LogP contribution in [-0.4, -0.2) is 22.7 Å². The first-order valence-corrected chi connectivity index (χ1v) is 6.51. The van der Waals surface area contributed by atoms with Crippen LogP contribution in [0.4, 0.5) is 0 Å². The van der Waals surface area contributed by atoms with Crippen LogP contribution in [-0.2, 0) is 6.42 Å². The van der Waals surface area contributed by atoms with E-state index in [-0.39, 0.29) is 5.56 Å². The molecule has 2 aromatic rings. The Hall–Kier alpha value is -1.88. The Balaban J connectivity index is 1.99. The average Bonchev–Trinajstić information content (AvgIpc) is 2.42. The molecule has 0 radical (unpaired) electrons. The number of pyridine rings is 1. The van der Waals surface area contributed by atoms with Gasteiger partial charge in [-0.2, -0.15) is 0 Å². The summed E-state index contributed by atoms with van der Waals surface area (Å²) in [5.41, 5.74) is 1.14. The highest BCUT2D eigenvalue weighted by atomic mass is 79.9. The number of hydrogen-bond acceptors (Lipinski definition) is 3. The molecule has 4 nitrogen and oxygen atoms in total. The van der Waals surface area contributed by atoms with Gasteiger partial charge in [0.05, 0.1) is 16.6 Å². The fourth-order valence-electron chi connectivity index (χ4n) is 1.56. The third-order valence-corrected chi connectivity index (χ3v) is 3.18. The lowest BCUT2D eigenvalue weighted by atomic mass is 10.2. The molecule has 0 bridgehead atoms. The zero-order valence-electron chi connectivity index (χ0n) is 10.0. The van der Waals surface area contributed by atoms with Gasteiger partial charge in [0, 0.05) is 18.3 Å². The highest BCUT2D eigenvalue weighted by molar-refractivity contribution is 9.10. The zero-order valence-corrected chi connectivity index (χ0v) is 11.6. The SMILES string of the molecule is O=C(O)c1ccc(Br)c(OCCc2ccccn2)c1. The van der Waals surface area contributed by atoms with Crippen LogP contribution in [0, 0.1) is 0 Å². The summed E-state index contributed by atoms with van der Waals surface area (Å²) in [7, 11) is 0. The molecule has 0 saturated heterocycles. The van der Waals surface area contributed by atoms with Gasteiger partial charge < -0.3 is 9.84 Å². The van der Waals surface area contributed by atoms with Crippen molar-refractivity contribution in [3.8, 4) is 5.75 Å². The summed E-state index contributed by atoms with van der Waals surface area (Å²) in [5, 5.41) is 8.92. The van der Waals surface area contributed by atoms with E-state index < -0.39 is 5.97 Å². The molecule has 1 heterocycles. The number of carboxylic acid groups (broad SMARTS) is 1. The van der Waals surface area contributed by atoms with Gasteiger partial charge in [0.15, 0.2) is 0 Å². The quantitative estimate of drug-likeness (QED) is 0.918. The van der Waals surface area contributed by atoms with Gasteiger partial charge in [0.1, 0.15) is 5.75 Å². The molecule has 0 spiro atoms. The van der Waals surface area contributed by atoms with Crippen molar-refractivity contribution in [3.63, 3.8) is 0 Å². The molecule has 19 heavy (non-hydrogen) atoms. The van der Waals surface area contributed by atoms with Crippen molar-refractivity contribution >= 4 is 21.9 Å². The highest BCUT2D eigenvalue weighted by Gasteiger charge is 2.08. The molecule has 1 N–H and O–H groups in total. The van der Waals surface area contributed by atoms with Gasteiger partial charge in [-0.1, -0.05) is 6.07 Å². The van der Waals surface area contributed by atoms with Crippen LogP contribution >= 0.6 is 15.9 Å². The number of aromatic nitrogens is 1. The Morgan fingerprint density at radius 3 is 2.84 bits per heavy atom. The van der Waals surface area contributed by atoms with Crippen LogP contribution < -0.4 is 4.74 Å². The minimum Gasteiger partial charge on any atom is -0.492 e. The van der Waals surface area contributed by atoms with Crippen molar-refractivity contribution in [1.82, 2.24) is 4.98 Å². The second-order valence-electron chi connectivity index (χ2n) is 3.87. The molecule has 1 aromatic heterocycles. The van der Waals surface area contributed by atoms with E-state index in [1.165, 1.54) is 12.1 Å². The van der Waals surface area contributed by atoms with Crippen molar-refractivity contribution in [2.24, 2.45) is 0 Å². The third kappa shape index (κ3) is 3.79. The first kappa shape index (κ1) is 13.5. The van der Waals surface area contributed by atoms with Gasteiger partial charge in [0.2, 0.25) is 0 Å². The Morgan fingerprint density at radius 2 is 2.16 bits per heavy atom. The van der Waals surface area contributed by atoms with Crippen LogP contribution in [0.5, 0.6) is 5.75 Å². The molecule has 0 unspecified atom stereocenters. The predicted molar refractivity (Wildman–Crippen MR) is 74.5 cm³/mol. The molecule has 2 rings (SSSR count). The summed E-state index contributed by atoms with van der Waals surface area (Å²) in [6.45, 7) is 0.443. The van der Waals surface area contributed by atoms with E-state index >= 15 is 0 Å². The second-order valence-corrected chi connectivity index (χ2v) is 4.72. The molecule has 0 amide bonds. The summed E-state index contributed by atoms with van der Waals surface area (Å²) in [4.78, 5) is 15.1. The maximum atomic E-state index is 10.9. The molecular formula is C14H12BrNO3.